The molecule has 1 rings (SSSR count). The molecule has 6 nitrogen and oxygen atoms in total. The van der Waals surface area contributed by atoms with E-state index in [4.69, 9.17) is 5.11 Å². The summed E-state index contributed by atoms with van der Waals surface area (Å²) in [7, 11) is 0. The lowest BCUT2D eigenvalue weighted by Gasteiger charge is -2.18. The molecule has 0 saturated heterocycles. The number of hydrogen-bond acceptors (Lipinski definition) is 3. The van der Waals surface area contributed by atoms with Crippen LogP contribution in [0.15, 0.2) is 27.1 Å². The van der Waals surface area contributed by atoms with Gasteiger partial charge in [-0.2, -0.15) is 0 Å². The van der Waals surface area contributed by atoms with E-state index in [0.29, 0.717) is 10.2 Å². The number of aliphatic carboxylic acids is 1. The highest BCUT2D eigenvalue weighted by molar-refractivity contribution is 9.11. The van der Waals surface area contributed by atoms with Crippen LogP contribution in [0, 0.1) is 5.41 Å². The van der Waals surface area contributed by atoms with Crippen LogP contribution in [-0.4, -0.2) is 23.0 Å². The summed E-state index contributed by atoms with van der Waals surface area (Å²) in [5, 5.41) is 13.5. The predicted octanol–water partition coefficient (Wildman–Crippen LogP) is 3.36. The number of imide groups is 1. The number of anilines is 1. The van der Waals surface area contributed by atoms with Crippen LogP contribution in [-0.2, 0) is 9.59 Å². The lowest BCUT2D eigenvalue weighted by Crippen LogP contribution is -2.38. The number of carbonyl (C=O) groups excluding carboxylic acids is 2. The molecule has 0 radical (unpaired) electrons. The first-order valence-electron chi connectivity index (χ1n) is 5.91. The fraction of sp³-hybridized carbons (Fsp3) is 0.308. The van der Waals surface area contributed by atoms with E-state index in [2.05, 4.69) is 42.5 Å². The minimum atomic E-state index is -1.24. The molecule has 3 amide bonds. The van der Waals surface area contributed by atoms with Gasteiger partial charge in [0.25, 0.3) is 0 Å². The number of urea groups is 1. The highest BCUT2D eigenvalue weighted by Gasteiger charge is 2.30. The van der Waals surface area contributed by atoms with Crippen LogP contribution < -0.4 is 10.6 Å². The van der Waals surface area contributed by atoms with Crippen molar-refractivity contribution in [1.82, 2.24) is 5.32 Å². The van der Waals surface area contributed by atoms with Gasteiger partial charge in [0.05, 0.1) is 11.1 Å². The second-order valence-corrected chi connectivity index (χ2v) is 6.76. The second-order valence-electron chi connectivity index (χ2n) is 4.99. The summed E-state index contributed by atoms with van der Waals surface area (Å²) < 4.78 is 1.42. The quantitative estimate of drug-likeness (QED) is 0.694. The first-order chi connectivity index (χ1) is 9.61. The standard InChI is InChI=1S/C13H14Br2N2O4/c1-13(2,11(19)20)6-10(18)17-12(21)16-9-5-7(14)3-4-8(9)15/h3-5H,6H2,1-2H3,(H,19,20)(H2,16,17,18,21). The maximum atomic E-state index is 11.7. The van der Waals surface area contributed by atoms with Gasteiger partial charge in [0.2, 0.25) is 5.91 Å². The lowest BCUT2D eigenvalue weighted by atomic mass is 9.89. The van der Waals surface area contributed by atoms with Crippen molar-refractivity contribution in [1.29, 1.82) is 0 Å². The van der Waals surface area contributed by atoms with Gasteiger partial charge < -0.3 is 10.4 Å². The third kappa shape index (κ3) is 5.47. The molecule has 21 heavy (non-hydrogen) atoms. The molecule has 0 atom stereocenters. The SMILES string of the molecule is CC(C)(CC(=O)NC(=O)Nc1cc(Br)ccc1Br)C(=O)O. The van der Waals surface area contributed by atoms with Crippen molar-refractivity contribution in [3.05, 3.63) is 27.1 Å². The van der Waals surface area contributed by atoms with E-state index in [1.54, 1.807) is 18.2 Å². The maximum Gasteiger partial charge on any atom is 0.325 e. The molecule has 0 saturated carbocycles. The zero-order valence-electron chi connectivity index (χ0n) is 11.4. The van der Waals surface area contributed by atoms with Gasteiger partial charge in [0.15, 0.2) is 0 Å². The van der Waals surface area contributed by atoms with Crippen LogP contribution in [0.4, 0.5) is 10.5 Å². The molecule has 8 heteroatoms. The van der Waals surface area contributed by atoms with E-state index >= 15 is 0 Å². The highest BCUT2D eigenvalue weighted by Crippen LogP contribution is 2.26. The van der Waals surface area contributed by atoms with Crippen LogP contribution in [0.3, 0.4) is 0 Å². The number of benzene rings is 1. The van der Waals surface area contributed by atoms with Crippen molar-refractivity contribution in [2.24, 2.45) is 5.41 Å². The molecule has 0 aliphatic heterocycles. The Labute approximate surface area is 138 Å². The van der Waals surface area contributed by atoms with E-state index in [0.717, 1.165) is 4.47 Å². The van der Waals surface area contributed by atoms with E-state index in [1.807, 2.05) is 0 Å². The summed E-state index contributed by atoms with van der Waals surface area (Å²) in [6, 6.07) is 4.46. The van der Waals surface area contributed by atoms with Gasteiger partial charge in [-0.05, 0) is 48.0 Å². The van der Waals surface area contributed by atoms with E-state index in [9.17, 15) is 14.4 Å². The topological polar surface area (TPSA) is 95.5 Å². The number of amides is 3. The number of carboxylic acid groups (broad SMARTS) is 1. The lowest BCUT2D eigenvalue weighted by molar-refractivity contribution is -0.149. The molecular formula is C13H14Br2N2O4. The first-order valence-corrected chi connectivity index (χ1v) is 7.50. The van der Waals surface area contributed by atoms with Gasteiger partial charge in [-0.1, -0.05) is 15.9 Å². The van der Waals surface area contributed by atoms with Crippen LogP contribution in [0.2, 0.25) is 0 Å². The van der Waals surface area contributed by atoms with E-state index in [1.165, 1.54) is 13.8 Å². The third-order valence-corrected chi connectivity index (χ3v) is 3.80. The van der Waals surface area contributed by atoms with Crippen molar-refractivity contribution >= 4 is 55.5 Å². The molecule has 0 aliphatic rings. The van der Waals surface area contributed by atoms with Crippen molar-refractivity contribution in [3.63, 3.8) is 0 Å². The molecular weight excluding hydrogens is 408 g/mol. The number of halogens is 2. The van der Waals surface area contributed by atoms with Gasteiger partial charge in [-0.25, -0.2) is 4.79 Å². The van der Waals surface area contributed by atoms with E-state index < -0.39 is 23.3 Å². The molecule has 0 spiro atoms. The first kappa shape index (κ1) is 17.6. The fourth-order valence-electron chi connectivity index (χ4n) is 1.39. The van der Waals surface area contributed by atoms with Gasteiger partial charge in [-0.3, -0.25) is 14.9 Å². The average molecular weight is 422 g/mol. The summed E-state index contributed by atoms with van der Waals surface area (Å²) in [6.07, 6.45) is -0.296. The normalized spacial score (nSPS) is 10.9. The molecule has 0 heterocycles. The zero-order valence-corrected chi connectivity index (χ0v) is 14.5. The molecule has 114 valence electrons. The number of carboxylic acids is 1. The average Bonchev–Trinajstić information content (AvgIpc) is 2.32. The van der Waals surface area contributed by atoms with Gasteiger partial charge in [0, 0.05) is 15.4 Å². The Morgan fingerprint density at radius 2 is 1.86 bits per heavy atom. The fourth-order valence-corrected chi connectivity index (χ4v) is 2.10. The Balaban J connectivity index is 2.64. The van der Waals surface area contributed by atoms with Gasteiger partial charge in [0.1, 0.15) is 0 Å². The summed E-state index contributed by atoms with van der Waals surface area (Å²) in [5.41, 5.74) is -0.757. The zero-order chi connectivity index (χ0) is 16.2. The summed E-state index contributed by atoms with van der Waals surface area (Å²) >= 11 is 6.54. The summed E-state index contributed by atoms with van der Waals surface area (Å²) in [6.45, 7) is 2.83. The summed E-state index contributed by atoms with van der Waals surface area (Å²) in [4.78, 5) is 34.3. The maximum absolute atomic E-state index is 11.7. The van der Waals surface area contributed by atoms with E-state index in [-0.39, 0.29) is 6.42 Å². The van der Waals surface area contributed by atoms with Crippen LogP contribution >= 0.6 is 31.9 Å². The minimum Gasteiger partial charge on any atom is -0.481 e. The Kier molecular flexibility index (Phi) is 5.91. The Bertz CT molecular complexity index is 588. The third-order valence-electron chi connectivity index (χ3n) is 2.61. The molecule has 0 unspecified atom stereocenters. The molecule has 3 N–H and O–H groups in total. The highest BCUT2D eigenvalue weighted by atomic mass is 79.9. The largest absolute Gasteiger partial charge is 0.481 e. The van der Waals surface area contributed by atoms with Crippen molar-refractivity contribution in [2.45, 2.75) is 20.3 Å². The Hall–Kier alpha value is -1.41. The molecule has 1 aromatic carbocycles. The molecule has 0 fully saturated rings. The smallest absolute Gasteiger partial charge is 0.325 e. The molecule has 0 aromatic heterocycles. The monoisotopic (exact) mass is 420 g/mol. The Morgan fingerprint density at radius 3 is 2.43 bits per heavy atom. The number of nitrogens with one attached hydrogen (secondary N) is 2. The minimum absolute atomic E-state index is 0.296. The molecule has 0 aliphatic carbocycles. The number of carbonyl (C=O) groups is 3. The molecule has 1 aromatic rings. The Morgan fingerprint density at radius 1 is 1.24 bits per heavy atom. The van der Waals surface area contributed by atoms with Crippen molar-refractivity contribution in [2.75, 3.05) is 5.32 Å². The van der Waals surface area contributed by atoms with Crippen LogP contribution in [0.25, 0.3) is 0 Å². The van der Waals surface area contributed by atoms with Gasteiger partial charge in [-0.15, -0.1) is 0 Å². The van der Waals surface area contributed by atoms with Crippen molar-refractivity contribution < 1.29 is 19.5 Å². The van der Waals surface area contributed by atoms with Gasteiger partial charge >= 0.3 is 12.0 Å². The predicted molar refractivity (Wildman–Crippen MR) is 85.0 cm³/mol. The number of hydrogen-bond donors (Lipinski definition) is 3. The molecule has 0 bridgehead atoms. The summed E-state index contributed by atoms with van der Waals surface area (Å²) in [5.74, 6) is -1.76. The second kappa shape index (κ2) is 7.04. The van der Waals surface area contributed by atoms with Crippen LogP contribution in [0.5, 0.6) is 0 Å². The number of rotatable bonds is 4. The van der Waals surface area contributed by atoms with Crippen LogP contribution in [0.1, 0.15) is 20.3 Å². The van der Waals surface area contributed by atoms with Crippen molar-refractivity contribution in [3.8, 4) is 0 Å².